The summed E-state index contributed by atoms with van der Waals surface area (Å²) < 4.78 is 1.78. The zero-order valence-electron chi connectivity index (χ0n) is 11.7. The van der Waals surface area contributed by atoms with Gasteiger partial charge in [-0.3, -0.25) is 4.68 Å². The van der Waals surface area contributed by atoms with Crippen molar-refractivity contribution in [2.24, 2.45) is 12.9 Å². The second-order valence-corrected chi connectivity index (χ2v) is 5.16. The highest BCUT2D eigenvalue weighted by Gasteiger charge is 2.28. The lowest BCUT2D eigenvalue weighted by atomic mass is 10.2. The Morgan fingerprint density at radius 1 is 1.35 bits per heavy atom. The van der Waals surface area contributed by atoms with E-state index in [0.29, 0.717) is 18.3 Å². The highest BCUT2D eigenvalue weighted by atomic mass is 15.3. The number of hydrazine groups is 1. The van der Waals surface area contributed by atoms with Crippen molar-refractivity contribution in [3.63, 3.8) is 0 Å². The number of anilines is 2. The molecule has 0 aliphatic heterocycles. The molecule has 20 heavy (non-hydrogen) atoms. The molecule has 0 unspecified atom stereocenters. The predicted octanol–water partition coefficient (Wildman–Crippen LogP) is 1.29. The second kappa shape index (κ2) is 5.09. The molecule has 2 aromatic rings. The summed E-state index contributed by atoms with van der Waals surface area (Å²) in [6.45, 7) is 2.58. The lowest BCUT2D eigenvalue weighted by Gasteiger charge is -2.12. The zero-order valence-corrected chi connectivity index (χ0v) is 11.7. The fourth-order valence-electron chi connectivity index (χ4n) is 2.10. The van der Waals surface area contributed by atoms with Crippen molar-refractivity contribution in [2.75, 3.05) is 10.7 Å². The van der Waals surface area contributed by atoms with Crippen molar-refractivity contribution in [3.05, 3.63) is 29.3 Å². The van der Waals surface area contributed by atoms with Gasteiger partial charge in [0, 0.05) is 24.7 Å². The summed E-state index contributed by atoms with van der Waals surface area (Å²) in [6.07, 6.45) is 4.24. The minimum atomic E-state index is 0.484. The second-order valence-electron chi connectivity index (χ2n) is 5.16. The van der Waals surface area contributed by atoms with Gasteiger partial charge in [0.2, 0.25) is 0 Å². The summed E-state index contributed by atoms with van der Waals surface area (Å²) in [4.78, 5) is 9.08. The van der Waals surface area contributed by atoms with Gasteiger partial charge in [-0.15, -0.1) is 0 Å². The Bertz CT molecular complexity index is 615. The third-order valence-corrected chi connectivity index (χ3v) is 3.45. The Morgan fingerprint density at radius 3 is 2.70 bits per heavy atom. The first kappa shape index (κ1) is 12.9. The van der Waals surface area contributed by atoms with Gasteiger partial charge in [-0.25, -0.2) is 15.8 Å². The summed E-state index contributed by atoms with van der Waals surface area (Å²) in [5, 5.41) is 7.66. The molecule has 0 bridgehead atoms. The van der Waals surface area contributed by atoms with Crippen LogP contribution in [0.3, 0.4) is 0 Å². The highest BCUT2D eigenvalue weighted by molar-refractivity contribution is 5.57. The van der Waals surface area contributed by atoms with Crippen molar-refractivity contribution >= 4 is 11.6 Å². The van der Waals surface area contributed by atoms with Crippen LogP contribution in [0, 0.1) is 6.92 Å². The molecule has 3 rings (SSSR count). The molecule has 0 spiro atoms. The number of nitrogens with one attached hydrogen (secondary N) is 2. The van der Waals surface area contributed by atoms with E-state index in [2.05, 4.69) is 25.8 Å². The van der Waals surface area contributed by atoms with E-state index < -0.39 is 0 Å². The van der Waals surface area contributed by atoms with Gasteiger partial charge >= 0.3 is 0 Å². The molecule has 0 amide bonds. The lowest BCUT2D eigenvalue weighted by molar-refractivity contribution is 0.746. The number of aryl methyl sites for hydroxylation is 1. The Balaban J connectivity index is 1.81. The molecular formula is C13H19N7. The summed E-state index contributed by atoms with van der Waals surface area (Å²) in [6, 6.07) is 1.98. The van der Waals surface area contributed by atoms with Gasteiger partial charge in [-0.1, -0.05) is 0 Å². The quantitative estimate of drug-likeness (QED) is 0.561. The van der Waals surface area contributed by atoms with E-state index in [9.17, 15) is 0 Å². The molecule has 2 heterocycles. The Labute approximate surface area is 117 Å². The van der Waals surface area contributed by atoms with E-state index in [-0.39, 0.29) is 0 Å². The fraction of sp³-hybridized carbons (Fsp3) is 0.462. The van der Waals surface area contributed by atoms with E-state index in [1.807, 2.05) is 26.2 Å². The summed E-state index contributed by atoms with van der Waals surface area (Å²) >= 11 is 0. The molecule has 1 fully saturated rings. The van der Waals surface area contributed by atoms with Gasteiger partial charge in [-0.05, 0) is 25.8 Å². The highest BCUT2D eigenvalue weighted by Crippen LogP contribution is 2.39. The third-order valence-electron chi connectivity index (χ3n) is 3.45. The van der Waals surface area contributed by atoms with Gasteiger partial charge < -0.3 is 10.7 Å². The van der Waals surface area contributed by atoms with Gasteiger partial charge in [0.15, 0.2) is 0 Å². The van der Waals surface area contributed by atoms with Crippen molar-refractivity contribution in [3.8, 4) is 0 Å². The molecule has 0 aromatic carbocycles. The molecular weight excluding hydrogens is 254 g/mol. The topological polar surface area (TPSA) is 93.7 Å². The minimum absolute atomic E-state index is 0.484. The monoisotopic (exact) mass is 273 g/mol. The summed E-state index contributed by atoms with van der Waals surface area (Å²) in [7, 11) is 1.90. The Kier molecular flexibility index (Phi) is 3.27. The SMILES string of the molecule is Cc1c(NN)nc(C2CC2)nc1NCc1ccn(C)n1. The van der Waals surface area contributed by atoms with Crippen LogP contribution in [0.2, 0.25) is 0 Å². The zero-order chi connectivity index (χ0) is 14.1. The predicted molar refractivity (Wildman–Crippen MR) is 77.1 cm³/mol. The number of rotatable bonds is 5. The van der Waals surface area contributed by atoms with Crippen LogP contribution in [-0.2, 0) is 13.6 Å². The molecule has 1 saturated carbocycles. The van der Waals surface area contributed by atoms with Crippen LogP contribution >= 0.6 is 0 Å². The first-order valence-electron chi connectivity index (χ1n) is 6.75. The Morgan fingerprint density at radius 2 is 2.10 bits per heavy atom. The number of nitrogens with zero attached hydrogens (tertiary/aromatic N) is 4. The number of nitrogen functional groups attached to an aromatic ring is 1. The normalized spacial score (nSPS) is 14.3. The van der Waals surface area contributed by atoms with E-state index in [0.717, 1.165) is 35.7 Å². The average Bonchev–Trinajstić information content (AvgIpc) is 3.21. The molecule has 106 valence electrons. The molecule has 1 aliphatic carbocycles. The number of hydrogen-bond acceptors (Lipinski definition) is 6. The first-order chi connectivity index (χ1) is 9.67. The van der Waals surface area contributed by atoms with E-state index in [1.54, 1.807) is 4.68 Å². The minimum Gasteiger partial charge on any atom is -0.364 e. The van der Waals surface area contributed by atoms with E-state index >= 15 is 0 Å². The van der Waals surface area contributed by atoms with Crippen molar-refractivity contribution in [1.82, 2.24) is 19.7 Å². The largest absolute Gasteiger partial charge is 0.364 e. The maximum atomic E-state index is 5.54. The van der Waals surface area contributed by atoms with Gasteiger partial charge in [0.25, 0.3) is 0 Å². The van der Waals surface area contributed by atoms with Crippen LogP contribution in [0.25, 0.3) is 0 Å². The number of nitrogens with two attached hydrogens (primary N) is 1. The molecule has 7 heteroatoms. The summed E-state index contributed by atoms with van der Waals surface area (Å²) in [5.41, 5.74) is 4.55. The average molecular weight is 273 g/mol. The van der Waals surface area contributed by atoms with Gasteiger partial charge in [-0.2, -0.15) is 5.10 Å². The van der Waals surface area contributed by atoms with Crippen molar-refractivity contribution in [2.45, 2.75) is 32.2 Å². The van der Waals surface area contributed by atoms with Crippen LogP contribution in [0.1, 0.15) is 35.8 Å². The molecule has 7 nitrogen and oxygen atoms in total. The van der Waals surface area contributed by atoms with Crippen LogP contribution in [0.4, 0.5) is 11.6 Å². The van der Waals surface area contributed by atoms with Crippen LogP contribution < -0.4 is 16.6 Å². The van der Waals surface area contributed by atoms with Crippen LogP contribution in [0.15, 0.2) is 12.3 Å². The Hall–Kier alpha value is -2.15. The number of hydrogen-bond donors (Lipinski definition) is 3. The van der Waals surface area contributed by atoms with Crippen LogP contribution in [0.5, 0.6) is 0 Å². The van der Waals surface area contributed by atoms with Crippen LogP contribution in [-0.4, -0.2) is 19.7 Å². The molecule has 4 N–H and O–H groups in total. The molecule has 0 radical (unpaired) electrons. The molecule has 0 atom stereocenters. The fourth-order valence-corrected chi connectivity index (χ4v) is 2.10. The van der Waals surface area contributed by atoms with Crippen molar-refractivity contribution < 1.29 is 0 Å². The van der Waals surface area contributed by atoms with Gasteiger partial charge in [0.05, 0.1) is 12.2 Å². The maximum absolute atomic E-state index is 5.54. The molecule has 0 saturated heterocycles. The smallest absolute Gasteiger partial charge is 0.148 e. The third kappa shape index (κ3) is 2.57. The molecule has 1 aliphatic rings. The standard InChI is InChI=1S/C13H19N7/c1-8-11(15-7-10-5-6-20(2)19-10)16-13(9-3-4-9)17-12(8)18-14/h5-6,9H,3-4,7,14H2,1-2H3,(H2,15,16,17,18). The maximum Gasteiger partial charge on any atom is 0.148 e. The van der Waals surface area contributed by atoms with Gasteiger partial charge in [0.1, 0.15) is 17.5 Å². The first-order valence-corrected chi connectivity index (χ1v) is 6.75. The summed E-state index contributed by atoms with van der Waals surface area (Å²) in [5.74, 6) is 8.39. The van der Waals surface area contributed by atoms with Crippen molar-refractivity contribution in [1.29, 1.82) is 0 Å². The number of aromatic nitrogens is 4. The lowest BCUT2D eigenvalue weighted by Crippen LogP contribution is -2.15. The van der Waals surface area contributed by atoms with E-state index in [1.165, 1.54) is 0 Å². The van der Waals surface area contributed by atoms with E-state index in [4.69, 9.17) is 5.84 Å². The molecule has 2 aromatic heterocycles.